The molecule has 0 saturated heterocycles. The zero-order valence-electron chi connectivity index (χ0n) is 11.9. The van der Waals surface area contributed by atoms with Gasteiger partial charge in [0.2, 0.25) is 0 Å². The van der Waals surface area contributed by atoms with Crippen LogP contribution in [0.5, 0.6) is 5.75 Å². The Hall–Kier alpha value is -1.53. The number of nitrogens with one attached hydrogen (secondary N) is 1. The maximum absolute atomic E-state index is 9.22. The fourth-order valence-corrected chi connectivity index (χ4v) is 1.77. The molecule has 3 heteroatoms. The third kappa shape index (κ3) is 4.05. The third-order valence-corrected chi connectivity index (χ3v) is 2.86. The van der Waals surface area contributed by atoms with E-state index in [2.05, 4.69) is 25.2 Å². The number of ether oxygens (including phenoxy) is 1. The highest BCUT2D eigenvalue weighted by Crippen LogP contribution is 2.18. The van der Waals surface area contributed by atoms with Gasteiger partial charge in [0, 0.05) is 6.04 Å². The van der Waals surface area contributed by atoms with Gasteiger partial charge in [0.05, 0.1) is 6.07 Å². The zero-order chi connectivity index (χ0) is 13.8. The maximum atomic E-state index is 9.22. The highest BCUT2D eigenvalue weighted by atomic mass is 16.5. The van der Waals surface area contributed by atoms with Crippen LogP contribution in [-0.4, -0.2) is 18.2 Å². The van der Waals surface area contributed by atoms with Crippen molar-refractivity contribution >= 4 is 0 Å². The Balaban J connectivity index is 2.68. The van der Waals surface area contributed by atoms with Crippen LogP contribution in [0.1, 0.15) is 31.9 Å². The topological polar surface area (TPSA) is 45.0 Å². The van der Waals surface area contributed by atoms with Gasteiger partial charge in [-0.3, -0.25) is 5.32 Å². The molecular formula is C15H22N2O. The van der Waals surface area contributed by atoms with Gasteiger partial charge in [0.15, 0.2) is 0 Å². The highest BCUT2D eigenvalue weighted by molar-refractivity contribution is 5.34. The summed E-state index contributed by atoms with van der Waals surface area (Å²) in [7, 11) is 0. The summed E-state index contributed by atoms with van der Waals surface area (Å²) >= 11 is 0. The predicted molar refractivity (Wildman–Crippen MR) is 73.7 cm³/mol. The van der Waals surface area contributed by atoms with E-state index in [1.165, 1.54) is 11.1 Å². The number of benzene rings is 1. The van der Waals surface area contributed by atoms with Crippen molar-refractivity contribution in [2.75, 3.05) is 6.61 Å². The van der Waals surface area contributed by atoms with E-state index in [0.29, 0.717) is 6.61 Å². The van der Waals surface area contributed by atoms with Crippen molar-refractivity contribution in [1.29, 1.82) is 5.26 Å². The Bertz CT molecular complexity index is 448. The third-order valence-electron chi connectivity index (χ3n) is 2.86. The lowest BCUT2D eigenvalue weighted by molar-refractivity contribution is 0.225. The Morgan fingerprint density at radius 3 is 2.50 bits per heavy atom. The minimum Gasteiger partial charge on any atom is -0.491 e. The molecule has 0 aliphatic heterocycles. The average molecular weight is 246 g/mol. The number of aryl methyl sites for hydroxylation is 2. The van der Waals surface area contributed by atoms with Gasteiger partial charge in [-0.1, -0.05) is 6.07 Å². The summed E-state index contributed by atoms with van der Waals surface area (Å²) in [5, 5.41) is 12.4. The summed E-state index contributed by atoms with van der Waals surface area (Å²) in [6.07, 6.45) is 0. The van der Waals surface area contributed by atoms with Crippen LogP contribution >= 0.6 is 0 Å². The van der Waals surface area contributed by atoms with Crippen LogP contribution in [0.3, 0.4) is 0 Å². The van der Waals surface area contributed by atoms with Gasteiger partial charge in [0.25, 0.3) is 0 Å². The van der Waals surface area contributed by atoms with Crippen molar-refractivity contribution in [3.8, 4) is 11.8 Å². The van der Waals surface area contributed by atoms with Crippen molar-refractivity contribution in [2.45, 2.75) is 46.2 Å². The van der Waals surface area contributed by atoms with Crippen molar-refractivity contribution < 1.29 is 4.74 Å². The van der Waals surface area contributed by atoms with Crippen LogP contribution in [0.4, 0.5) is 0 Å². The van der Waals surface area contributed by atoms with Gasteiger partial charge in [-0.2, -0.15) is 5.26 Å². The number of hydrogen-bond acceptors (Lipinski definition) is 3. The molecule has 1 aromatic carbocycles. The molecule has 0 bridgehead atoms. The van der Waals surface area contributed by atoms with Gasteiger partial charge < -0.3 is 4.74 Å². The summed E-state index contributed by atoms with van der Waals surface area (Å²) in [4.78, 5) is 0. The lowest BCUT2D eigenvalue weighted by Gasteiger charge is -2.26. The van der Waals surface area contributed by atoms with Crippen LogP contribution in [-0.2, 0) is 0 Å². The molecule has 1 unspecified atom stereocenters. The second-order valence-electron chi connectivity index (χ2n) is 5.28. The monoisotopic (exact) mass is 246 g/mol. The van der Waals surface area contributed by atoms with E-state index in [9.17, 15) is 5.26 Å². The van der Waals surface area contributed by atoms with Crippen LogP contribution < -0.4 is 10.1 Å². The van der Waals surface area contributed by atoms with Gasteiger partial charge >= 0.3 is 0 Å². The second-order valence-corrected chi connectivity index (χ2v) is 5.28. The van der Waals surface area contributed by atoms with E-state index in [4.69, 9.17) is 4.74 Å². The Kier molecular flexibility index (Phi) is 4.75. The molecule has 1 N–H and O–H groups in total. The molecule has 1 rings (SSSR count). The van der Waals surface area contributed by atoms with E-state index in [0.717, 1.165) is 5.75 Å². The first-order valence-corrected chi connectivity index (χ1v) is 6.25. The van der Waals surface area contributed by atoms with E-state index in [-0.39, 0.29) is 6.04 Å². The SMILES string of the molecule is Cc1ccc(OCC(C)(C#N)NC(C)C)cc1C. The lowest BCUT2D eigenvalue weighted by Crippen LogP contribution is -2.49. The van der Waals surface area contributed by atoms with E-state index >= 15 is 0 Å². The van der Waals surface area contributed by atoms with Gasteiger partial charge in [0.1, 0.15) is 17.9 Å². The molecule has 0 aromatic heterocycles. The van der Waals surface area contributed by atoms with Gasteiger partial charge in [-0.05, 0) is 57.9 Å². The molecule has 1 aromatic rings. The molecule has 0 aliphatic rings. The van der Waals surface area contributed by atoms with Crippen molar-refractivity contribution in [3.63, 3.8) is 0 Å². The zero-order valence-corrected chi connectivity index (χ0v) is 11.9. The lowest BCUT2D eigenvalue weighted by atomic mass is 10.1. The highest BCUT2D eigenvalue weighted by Gasteiger charge is 2.25. The normalized spacial score (nSPS) is 14.1. The smallest absolute Gasteiger partial charge is 0.138 e. The fraction of sp³-hybridized carbons (Fsp3) is 0.533. The predicted octanol–water partition coefficient (Wildman–Crippen LogP) is 2.96. The van der Waals surface area contributed by atoms with Crippen LogP contribution in [0.25, 0.3) is 0 Å². The molecule has 0 radical (unpaired) electrons. The van der Waals surface area contributed by atoms with Crippen molar-refractivity contribution in [1.82, 2.24) is 5.32 Å². The molecule has 18 heavy (non-hydrogen) atoms. The first-order chi connectivity index (χ1) is 8.36. The summed E-state index contributed by atoms with van der Waals surface area (Å²) in [5.41, 5.74) is 1.78. The van der Waals surface area contributed by atoms with Crippen LogP contribution in [0.15, 0.2) is 18.2 Å². The largest absolute Gasteiger partial charge is 0.491 e. The maximum Gasteiger partial charge on any atom is 0.138 e. The standard InChI is InChI=1S/C15H22N2O/c1-11(2)17-15(5,9-16)10-18-14-7-6-12(3)13(4)8-14/h6-8,11,17H,10H2,1-5H3. The van der Waals surface area contributed by atoms with Crippen molar-refractivity contribution in [3.05, 3.63) is 29.3 Å². The minimum absolute atomic E-state index is 0.248. The molecule has 0 spiro atoms. The molecule has 0 aliphatic carbocycles. The molecule has 0 saturated carbocycles. The summed E-state index contributed by atoms with van der Waals surface area (Å²) < 4.78 is 5.71. The van der Waals surface area contributed by atoms with Gasteiger partial charge in [-0.25, -0.2) is 0 Å². The van der Waals surface area contributed by atoms with Crippen LogP contribution in [0.2, 0.25) is 0 Å². The molecule has 1 atom stereocenters. The summed E-state index contributed by atoms with van der Waals surface area (Å²) in [6, 6.07) is 8.49. The van der Waals surface area contributed by atoms with E-state index in [1.807, 2.05) is 39.0 Å². The molecule has 98 valence electrons. The first-order valence-electron chi connectivity index (χ1n) is 6.25. The Morgan fingerprint density at radius 2 is 2.00 bits per heavy atom. The summed E-state index contributed by atoms with van der Waals surface area (Å²) in [5.74, 6) is 0.810. The Morgan fingerprint density at radius 1 is 1.33 bits per heavy atom. The first kappa shape index (κ1) is 14.5. The second kappa shape index (κ2) is 5.88. The van der Waals surface area contributed by atoms with Crippen LogP contribution in [0, 0.1) is 25.2 Å². The van der Waals surface area contributed by atoms with E-state index < -0.39 is 5.54 Å². The molecular weight excluding hydrogens is 224 g/mol. The number of nitrogens with zero attached hydrogens (tertiary/aromatic N) is 1. The van der Waals surface area contributed by atoms with Gasteiger partial charge in [-0.15, -0.1) is 0 Å². The Labute approximate surface area is 110 Å². The number of nitriles is 1. The molecule has 0 fully saturated rings. The molecule has 0 amide bonds. The van der Waals surface area contributed by atoms with Crippen molar-refractivity contribution in [2.24, 2.45) is 0 Å². The average Bonchev–Trinajstić information content (AvgIpc) is 2.30. The number of hydrogen-bond donors (Lipinski definition) is 1. The quantitative estimate of drug-likeness (QED) is 0.868. The molecule has 0 heterocycles. The number of rotatable bonds is 5. The molecule has 3 nitrogen and oxygen atoms in total. The fourth-order valence-electron chi connectivity index (χ4n) is 1.77. The summed E-state index contributed by atoms with van der Waals surface area (Å²) in [6.45, 7) is 10.4. The van der Waals surface area contributed by atoms with E-state index in [1.54, 1.807) is 0 Å². The minimum atomic E-state index is -0.660.